The molecule has 1 amide bonds. The summed E-state index contributed by atoms with van der Waals surface area (Å²) in [5, 5.41) is 3.75. The molecule has 1 N–H and O–H groups in total. The van der Waals surface area contributed by atoms with Crippen LogP contribution in [0, 0.1) is 0 Å². The first-order chi connectivity index (χ1) is 12.8. The third kappa shape index (κ3) is 4.54. The van der Waals surface area contributed by atoms with Crippen LogP contribution in [0.2, 0.25) is 10.0 Å². The van der Waals surface area contributed by atoms with Crippen molar-refractivity contribution in [2.45, 2.75) is 37.0 Å². The lowest BCUT2D eigenvalue weighted by Gasteiger charge is -2.16. The summed E-state index contributed by atoms with van der Waals surface area (Å²) in [4.78, 5) is 12.7. The molecule has 2 aromatic rings. The number of carbonyl (C=O) groups excluding carboxylic acids is 1. The lowest BCUT2D eigenvalue weighted by Crippen LogP contribution is -2.26. The lowest BCUT2D eigenvalue weighted by atomic mass is 9.86. The van der Waals surface area contributed by atoms with E-state index in [1.54, 1.807) is 18.2 Å². The molecular formula is C20H21Cl2NO3S. The maximum Gasteiger partial charge on any atom is 0.234 e. The molecule has 0 bridgehead atoms. The standard InChI is InChI=1S/C20H21Cl2NO3S/c1-20(2)15-11-13(5-8-18(15)23-19(20)24)26-9-3-4-10-27(25)14-6-7-16(21)17(22)12-14/h5-8,11-12H,3-4,9-10H2,1-2H3,(H,23,24). The first-order valence-electron chi connectivity index (χ1n) is 8.71. The van der Waals surface area contributed by atoms with Crippen LogP contribution in [0.25, 0.3) is 0 Å². The average molecular weight is 426 g/mol. The highest BCUT2D eigenvalue weighted by Gasteiger charge is 2.38. The number of carbonyl (C=O) groups is 1. The minimum atomic E-state index is -1.11. The molecule has 144 valence electrons. The normalized spacial score (nSPS) is 16.0. The van der Waals surface area contributed by atoms with Crippen molar-refractivity contribution in [3.05, 3.63) is 52.0 Å². The smallest absolute Gasteiger partial charge is 0.234 e. The Hall–Kier alpha value is -1.40. The monoisotopic (exact) mass is 425 g/mol. The van der Waals surface area contributed by atoms with Crippen molar-refractivity contribution in [3.63, 3.8) is 0 Å². The van der Waals surface area contributed by atoms with Crippen molar-refractivity contribution >= 4 is 46.0 Å². The van der Waals surface area contributed by atoms with E-state index in [0.717, 1.165) is 29.8 Å². The molecule has 1 aliphatic heterocycles. The highest BCUT2D eigenvalue weighted by Crippen LogP contribution is 2.39. The fourth-order valence-corrected chi connectivity index (χ4v) is 4.44. The Balaban J connectivity index is 1.46. The molecular weight excluding hydrogens is 405 g/mol. The number of benzene rings is 2. The zero-order chi connectivity index (χ0) is 19.6. The minimum absolute atomic E-state index is 0.000526. The van der Waals surface area contributed by atoms with Gasteiger partial charge < -0.3 is 14.6 Å². The minimum Gasteiger partial charge on any atom is -0.611 e. The molecule has 3 rings (SSSR count). The molecule has 0 fully saturated rings. The molecule has 7 heteroatoms. The van der Waals surface area contributed by atoms with E-state index < -0.39 is 16.6 Å². The molecule has 0 radical (unpaired) electrons. The van der Waals surface area contributed by atoms with Crippen LogP contribution in [0.3, 0.4) is 0 Å². The number of unbranched alkanes of at least 4 members (excludes halogenated alkanes) is 1. The number of fused-ring (bicyclic) bond motifs is 1. The molecule has 1 heterocycles. The van der Waals surface area contributed by atoms with Crippen molar-refractivity contribution in [3.8, 4) is 5.75 Å². The molecule has 1 aliphatic rings. The summed E-state index contributed by atoms with van der Waals surface area (Å²) in [6.45, 7) is 4.33. The Bertz CT molecular complexity index is 857. The maximum absolute atomic E-state index is 12.3. The molecule has 1 unspecified atom stereocenters. The third-order valence-corrected chi connectivity index (χ3v) is 6.81. The maximum atomic E-state index is 12.3. The highest BCUT2D eigenvalue weighted by molar-refractivity contribution is 7.91. The van der Waals surface area contributed by atoms with Crippen molar-refractivity contribution < 1.29 is 14.1 Å². The fraction of sp³-hybridized carbons (Fsp3) is 0.350. The van der Waals surface area contributed by atoms with E-state index in [1.807, 2.05) is 32.0 Å². The van der Waals surface area contributed by atoms with E-state index in [-0.39, 0.29) is 5.91 Å². The van der Waals surface area contributed by atoms with Crippen LogP contribution in [0.5, 0.6) is 5.75 Å². The van der Waals surface area contributed by atoms with Gasteiger partial charge in [0.2, 0.25) is 5.91 Å². The van der Waals surface area contributed by atoms with E-state index in [1.165, 1.54) is 0 Å². The van der Waals surface area contributed by atoms with Gasteiger partial charge in [0.05, 0.1) is 22.1 Å². The second-order valence-electron chi connectivity index (χ2n) is 6.97. The van der Waals surface area contributed by atoms with Gasteiger partial charge >= 0.3 is 0 Å². The number of halogens is 2. The second-order valence-corrected chi connectivity index (χ2v) is 9.35. The predicted molar refractivity (Wildman–Crippen MR) is 111 cm³/mol. The Morgan fingerprint density at radius 1 is 1.11 bits per heavy atom. The van der Waals surface area contributed by atoms with E-state index >= 15 is 0 Å². The highest BCUT2D eigenvalue weighted by atomic mass is 35.5. The van der Waals surface area contributed by atoms with Crippen LogP contribution in [0.15, 0.2) is 41.3 Å². The quantitative estimate of drug-likeness (QED) is 0.490. The summed E-state index contributed by atoms with van der Waals surface area (Å²) in [5.41, 5.74) is 1.24. The summed E-state index contributed by atoms with van der Waals surface area (Å²) in [5.74, 6) is 1.28. The van der Waals surface area contributed by atoms with Gasteiger partial charge in [-0.15, -0.1) is 0 Å². The Labute approximate surface area is 172 Å². The number of amides is 1. The van der Waals surface area contributed by atoms with Crippen LogP contribution >= 0.6 is 23.2 Å². The Morgan fingerprint density at radius 2 is 1.89 bits per heavy atom. The van der Waals surface area contributed by atoms with Gasteiger partial charge in [0.1, 0.15) is 11.5 Å². The lowest BCUT2D eigenvalue weighted by molar-refractivity contribution is -0.119. The predicted octanol–water partition coefficient (Wildman–Crippen LogP) is 5.19. The van der Waals surface area contributed by atoms with Gasteiger partial charge in [-0.1, -0.05) is 23.2 Å². The summed E-state index contributed by atoms with van der Waals surface area (Å²) < 4.78 is 18.1. The van der Waals surface area contributed by atoms with Gasteiger partial charge in [0.25, 0.3) is 0 Å². The fourth-order valence-electron chi connectivity index (χ4n) is 2.90. The summed E-state index contributed by atoms with van der Waals surface area (Å²) in [7, 11) is 0. The molecule has 0 saturated heterocycles. The molecule has 2 aromatic carbocycles. The van der Waals surface area contributed by atoms with Gasteiger partial charge in [-0.05, 0) is 73.8 Å². The van der Waals surface area contributed by atoms with Crippen LogP contribution in [-0.2, 0) is 21.4 Å². The van der Waals surface area contributed by atoms with E-state index in [9.17, 15) is 9.35 Å². The van der Waals surface area contributed by atoms with Crippen molar-refractivity contribution in [2.75, 3.05) is 17.7 Å². The van der Waals surface area contributed by atoms with Crippen molar-refractivity contribution in [1.82, 2.24) is 0 Å². The van der Waals surface area contributed by atoms with Crippen molar-refractivity contribution in [1.29, 1.82) is 0 Å². The van der Waals surface area contributed by atoms with E-state index in [0.29, 0.717) is 27.3 Å². The zero-order valence-corrected chi connectivity index (χ0v) is 17.5. The SMILES string of the molecule is CC1(C)C(=O)Nc2ccc(OCCCC[S+]([O-])c3ccc(Cl)c(Cl)c3)cc21. The topological polar surface area (TPSA) is 61.4 Å². The van der Waals surface area contributed by atoms with Gasteiger partial charge in [-0.25, -0.2) is 0 Å². The van der Waals surface area contributed by atoms with Gasteiger partial charge in [0, 0.05) is 11.8 Å². The second kappa shape index (κ2) is 8.31. The Kier molecular flexibility index (Phi) is 6.26. The first-order valence-corrected chi connectivity index (χ1v) is 10.8. The molecule has 0 aliphatic carbocycles. The number of anilines is 1. The number of hydrogen-bond acceptors (Lipinski definition) is 3. The number of ether oxygens (including phenoxy) is 1. The van der Waals surface area contributed by atoms with E-state index in [2.05, 4.69) is 5.32 Å². The Morgan fingerprint density at radius 3 is 2.63 bits per heavy atom. The molecule has 0 aromatic heterocycles. The van der Waals surface area contributed by atoms with Crippen molar-refractivity contribution in [2.24, 2.45) is 0 Å². The number of rotatable bonds is 7. The largest absolute Gasteiger partial charge is 0.611 e. The van der Waals surface area contributed by atoms with Crippen LogP contribution in [-0.4, -0.2) is 22.8 Å². The van der Waals surface area contributed by atoms with Crippen LogP contribution < -0.4 is 10.1 Å². The van der Waals surface area contributed by atoms with Crippen LogP contribution in [0.4, 0.5) is 5.69 Å². The molecule has 1 atom stereocenters. The molecule has 0 saturated carbocycles. The molecule has 4 nitrogen and oxygen atoms in total. The van der Waals surface area contributed by atoms with Gasteiger partial charge in [0.15, 0.2) is 4.90 Å². The summed E-state index contributed by atoms with van der Waals surface area (Å²) in [6.07, 6.45) is 1.55. The van der Waals surface area contributed by atoms with Gasteiger partial charge in [-0.2, -0.15) is 0 Å². The molecule has 0 spiro atoms. The van der Waals surface area contributed by atoms with E-state index in [4.69, 9.17) is 27.9 Å². The summed E-state index contributed by atoms with van der Waals surface area (Å²) in [6, 6.07) is 10.7. The third-order valence-electron chi connectivity index (χ3n) is 4.63. The van der Waals surface area contributed by atoms with Gasteiger partial charge in [-0.3, -0.25) is 4.79 Å². The first kappa shape index (κ1) is 20.3. The number of hydrogen-bond donors (Lipinski definition) is 1. The zero-order valence-electron chi connectivity index (χ0n) is 15.2. The van der Waals surface area contributed by atoms with Crippen LogP contribution in [0.1, 0.15) is 32.3 Å². The number of nitrogens with one attached hydrogen (secondary N) is 1. The average Bonchev–Trinajstić information content (AvgIpc) is 2.86. The summed E-state index contributed by atoms with van der Waals surface area (Å²) >= 11 is 10.7. The molecule has 27 heavy (non-hydrogen) atoms.